The fourth-order valence-electron chi connectivity index (χ4n) is 2.78. The topological polar surface area (TPSA) is 84.5 Å². The molecule has 2 amide bonds. The van der Waals surface area contributed by atoms with Gasteiger partial charge in [-0.05, 0) is 56.2 Å². The van der Waals surface area contributed by atoms with E-state index in [1.807, 2.05) is 0 Å². The predicted molar refractivity (Wildman–Crippen MR) is 103 cm³/mol. The number of hydrogen-bond acceptors (Lipinski definition) is 4. The molecular formula is C21H22N2O4. The van der Waals surface area contributed by atoms with Gasteiger partial charge in [-0.15, -0.1) is 0 Å². The van der Waals surface area contributed by atoms with E-state index in [-0.39, 0.29) is 29.9 Å². The molecule has 0 unspecified atom stereocenters. The van der Waals surface area contributed by atoms with Crippen LogP contribution in [0, 0.1) is 5.92 Å². The Bertz CT molecular complexity index is 888. The SMILES string of the molecule is COc1ccc(C(C)=O)cc1CC(=O)Nc1cccc(NC(=O)C2CC2)c1. The summed E-state index contributed by atoms with van der Waals surface area (Å²) < 4.78 is 5.28. The molecule has 6 heteroatoms. The van der Waals surface area contributed by atoms with E-state index in [0.29, 0.717) is 28.3 Å². The van der Waals surface area contributed by atoms with Crippen LogP contribution in [-0.2, 0) is 16.0 Å². The van der Waals surface area contributed by atoms with Crippen LogP contribution in [0.3, 0.4) is 0 Å². The van der Waals surface area contributed by atoms with Crippen LogP contribution in [0.25, 0.3) is 0 Å². The van der Waals surface area contributed by atoms with E-state index in [9.17, 15) is 14.4 Å². The normalized spacial score (nSPS) is 13.0. The van der Waals surface area contributed by atoms with Gasteiger partial charge >= 0.3 is 0 Å². The zero-order valence-electron chi connectivity index (χ0n) is 15.4. The van der Waals surface area contributed by atoms with Gasteiger partial charge in [-0.2, -0.15) is 0 Å². The number of rotatable bonds is 7. The maximum atomic E-state index is 12.4. The summed E-state index contributed by atoms with van der Waals surface area (Å²) in [5, 5.41) is 5.68. The Kier molecular flexibility index (Phi) is 5.54. The third kappa shape index (κ3) is 4.94. The van der Waals surface area contributed by atoms with Crippen LogP contribution in [0.15, 0.2) is 42.5 Å². The van der Waals surface area contributed by atoms with E-state index in [1.165, 1.54) is 14.0 Å². The first-order valence-corrected chi connectivity index (χ1v) is 8.85. The highest BCUT2D eigenvalue weighted by atomic mass is 16.5. The van der Waals surface area contributed by atoms with Crippen molar-refractivity contribution >= 4 is 29.0 Å². The Morgan fingerprint density at radius 1 is 1.04 bits per heavy atom. The smallest absolute Gasteiger partial charge is 0.228 e. The third-order valence-electron chi connectivity index (χ3n) is 4.40. The molecular weight excluding hydrogens is 344 g/mol. The van der Waals surface area contributed by atoms with Gasteiger partial charge in [0.05, 0.1) is 13.5 Å². The molecule has 0 spiro atoms. The predicted octanol–water partition coefficient (Wildman–Crippen LogP) is 3.43. The number of benzene rings is 2. The molecule has 2 aromatic carbocycles. The Hall–Kier alpha value is -3.15. The molecule has 0 bridgehead atoms. The van der Waals surface area contributed by atoms with E-state index in [1.54, 1.807) is 42.5 Å². The number of amides is 2. The molecule has 0 radical (unpaired) electrons. The minimum atomic E-state index is -0.236. The highest BCUT2D eigenvalue weighted by molar-refractivity contribution is 5.97. The molecule has 1 fully saturated rings. The summed E-state index contributed by atoms with van der Waals surface area (Å²) in [6.07, 6.45) is 1.94. The minimum absolute atomic E-state index is 0.0178. The molecule has 0 atom stereocenters. The molecule has 6 nitrogen and oxygen atoms in total. The first-order valence-electron chi connectivity index (χ1n) is 8.85. The van der Waals surface area contributed by atoms with Gasteiger partial charge in [0, 0.05) is 28.4 Å². The molecule has 1 saturated carbocycles. The van der Waals surface area contributed by atoms with Crippen molar-refractivity contribution in [2.24, 2.45) is 5.92 Å². The molecule has 27 heavy (non-hydrogen) atoms. The summed E-state index contributed by atoms with van der Waals surface area (Å²) in [4.78, 5) is 35.9. The summed E-state index contributed by atoms with van der Waals surface area (Å²) >= 11 is 0. The molecule has 140 valence electrons. The average Bonchev–Trinajstić information content (AvgIpc) is 3.47. The Morgan fingerprint density at radius 2 is 1.74 bits per heavy atom. The van der Waals surface area contributed by atoms with Crippen LogP contribution >= 0.6 is 0 Å². The molecule has 0 saturated heterocycles. The number of carbonyl (C=O) groups is 3. The highest BCUT2D eigenvalue weighted by Crippen LogP contribution is 2.30. The van der Waals surface area contributed by atoms with Crippen LogP contribution < -0.4 is 15.4 Å². The number of carbonyl (C=O) groups excluding carboxylic acids is 3. The van der Waals surface area contributed by atoms with Gasteiger partial charge in [0.15, 0.2) is 5.78 Å². The van der Waals surface area contributed by atoms with E-state index in [2.05, 4.69) is 10.6 Å². The summed E-state index contributed by atoms with van der Waals surface area (Å²) in [5.41, 5.74) is 2.42. The van der Waals surface area contributed by atoms with Gasteiger partial charge in [-0.25, -0.2) is 0 Å². The molecule has 1 aliphatic rings. The zero-order chi connectivity index (χ0) is 19.4. The first-order chi connectivity index (χ1) is 13.0. The van der Waals surface area contributed by atoms with Gasteiger partial charge in [-0.3, -0.25) is 14.4 Å². The Labute approximate surface area is 157 Å². The zero-order valence-corrected chi connectivity index (χ0v) is 15.4. The van der Waals surface area contributed by atoms with E-state index in [4.69, 9.17) is 4.74 Å². The quantitative estimate of drug-likeness (QED) is 0.735. The number of ketones is 1. The number of ether oxygens (including phenoxy) is 1. The lowest BCUT2D eigenvalue weighted by atomic mass is 10.0. The van der Waals surface area contributed by atoms with Gasteiger partial charge < -0.3 is 15.4 Å². The van der Waals surface area contributed by atoms with Gasteiger partial charge in [-0.1, -0.05) is 6.07 Å². The molecule has 0 aliphatic heterocycles. The standard InChI is InChI=1S/C21H22N2O4/c1-13(24)15-8-9-19(27-2)16(10-15)11-20(25)22-17-4-3-5-18(12-17)23-21(26)14-6-7-14/h3-5,8-10,12,14H,6-7,11H2,1-2H3,(H,22,25)(H,23,26). The van der Waals surface area contributed by atoms with Gasteiger partial charge in [0.2, 0.25) is 11.8 Å². The second kappa shape index (κ2) is 8.03. The summed E-state index contributed by atoms with van der Waals surface area (Å²) in [5.74, 6) is 0.382. The van der Waals surface area contributed by atoms with Crippen molar-refractivity contribution in [1.82, 2.24) is 0 Å². The Balaban J connectivity index is 1.68. The largest absolute Gasteiger partial charge is 0.496 e. The fraction of sp³-hybridized carbons (Fsp3) is 0.286. The van der Waals surface area contributed by atoms with Gasteiger partial charge in [0.1, 0.15) is 5.75 Å². The van der Waals surface area contributed by atoms with Crippen molar-refractivity contribution in [3.05, 3.63) is 53.6 Å². The van der Waals surface area contributed by atoms with Crippen LogP contribution in [0.1, 0.15) is 35.7 Å². The molecule has 1 aliphatic carbocycles. The van der Waals surface area contributed by atoms with Crippen molar-refractivity contribution in [2.75, 3.05) is 17.7 Å². The molecule has 0 heterocycles. The summed E-state index contributed by atoms with van der Waals surface area (Å²) in [6, 6.07) is 12.1. The van der Waals surface area contributed by atoms with Crippen molar-refractivity contribution in [3.63, 3.8) is 0 Å². The van der Waals surface area contributed by atoms with E-state index < -0.39 is 0 Å². The van der Waals surface area contributed by atoms with Crippen molar-refractivity contribution in [2.45, 2.75) is 26.2 Å². The van der Waals surface area contributed by atoms with Crippen molar-refractivity contribution in [3.8, 4) is 5.75 Å². The third-order valence-corrected chi connectivity index (χ3v) is 4.40. The lowest BCUT2D eigenvalue weighted by Crippen LogP contribution is -2.16. The minimum Gasteiger partial charge on any atom is -0.496 e. The average molecular weight is 366 g/mol. The first kappa shape index (κ1) is 18.6. The van der Waals surface area contributed by atoms with Crippen LogP contribution in [0.4, 0.5) is 11.4 Å². The Morgan fingerprint density at radius 3 is 2.37 bits per heavy atom. The fourth-order valence-corrected chi connectivity index (χ4v) is 2.78. The monoisotopic (exact) mass is 366 g/mol. The lowest BCUT2D eigenvalue weighted by molar-refractivity contribution is -0.117. The van der Waals surface area contributed by atoms with Crippen LogP contribution in [0.5, 0.6) is 5.75 Å². The second-order valence-corrected chi connectivity index (χ2v) is 6.65. The second-order valence-electron chi connectivity index (χ2n) is 6.65. The maximum Gasteiger partial charge on any atom is 0.228 e. The van der Waals surface area contributed by atoms with Crippen molar-refractivity contribution in [1.29, 1.82) is 0 Å². The molecule has 3 rings (SSSR count). The lowest BCUT2D eigenvalue weighted by Gasteiger charge is -2.11. The number of anilines is 2. The number of nitrogens with one attached hydrogen (secondary N) is 2. The number of hydrogen-bond donors (Lipinski definition) is 2. The highest BCUT2D eigenvalue weighted by Gasteiger charge is 2.29. The van der Waals surface area contributed by atoms with Gasteiger partial charge in [0.25, 0.3) is 0 Å². The number of Topliss-reactive ketones (excluding diaryl/α,β-unsaturated/α-hetero) is 1. The van der Waals surface area contributed by atoms with E-state index in [0.717, 1.165) is 12.8 Å². The number of methoxy groups -OCH3 is 1. The summed E-state index contributed by atoms with van der Waals surface area (Å²) in [7, 11) is 1.52. The molecule has 0 aromatic heterocycles. The maximum absolute atomic E-state index is 12.4. The van der Waals surface area contributed by atoms with Crippen LogP contribution in [-0.4, -0.2) is 24.7 Å². The molecule has 2 N–H and O–H groups in total. The van der Waals surface area contributed by atoms with E-state index >= 15 is 0 Å². The van der Waals surface area contributed by atoms with Crippen molar-refractivity contribution < 1.29 is 19.1 Å². The summed E-state index contributed by atoms with van der Waals surface area (Å²) in [6.45, 7) is 1.48. The molecule has 2 aromatic rings. The van der Waals surface area contributed by atoms with Crippen LogP contribution in [0.2, 0.25) is 0 Å².